The second-order valence-electron chi connectivity index (χ2n) is 2.78. The second kappa shape index (κ2) is 4.68. The molecule has 0 saturated heterocycles. The quantitative estimate of drug-likeness (QED) is 0.853. The van der Waals surface area contributed by atoms with Crippen LogP contribution in [0.5, 0.6) is 0 Å². The molecule has 0 bridgehead atoms. The van der Waals surface area contributed by atoms with E-state index in [9.17, 15) is 13.6 Å². The first-order valence-electron chi connectivity index (χ1n) is 4.17. The predicted octanol–water partition coefficient (Wildman–Crippen LogP) is 2.12. The van der Waals surface area contributed by atoms with Crippen LogP contribution in [0.2, 0.25) is 5.28 Å². The highest BCUT2D eigenvalue weighted by Crippen LogP contribution is 2.16. The zero-order chi connectivity index (χ0) is 12.4. The molecule has 2 aromatic rings. The van der Waals surface area contributed by atoms with Crippen molar-refractivity contribution in [3.8, 4) is 0 Å². The predicted molar refractivity (Wildman–Crippen MR) is 57.0 cm³/mol. The third-order valence-electron chi connectivity index (χ3n) is 1.62. The van der Waals surface area contributed by atoms with E-state index in [0.717, 1.165) is 0 Å². The van der Waals surface area contributed by atoms with Crippen LogP contribution in [-0.4, -0.2) is 20.9 Å². The Bertz CT molecular complexity index is 540. The van der Waals surface area contributed by atoms with E-state index in [1.165, 1.54) is 12.4 Å². The molecule has 2 heterocycles. The maximum absolute atomic E-state index is 12.7. The van der Waals surface area contributed by atoms with Crippen molar-refractivity contribution in [3.63, 3.8) is 0 Å². The smallest absolute Gasteiger partial charge is 0.284 e. The molecule has 88 valence electrons. The molecule has 1 N–H and O–H groups in total. The van der Waals surface area contributed by atoms with Crippen LogP contribution in [-0.2, 0) is 0 Å². The first-order valence-corrected chi connectivity index (χ1v) is 5.36. The third kappa shape index (κ3) is 2.71. The van der Waals surface area contributed by atoms with E-state index in [0.29, 0.717) is 11.3 Å². The molecule has 1 amide bonds. The molecule has 5 nitrogen and oxygen atoms in total. The number of carbonyl (C=O) groups is 1. The summed E-state index contributed by atoms with van der Waals surface area (Å²) in [6, 6.07) is 0. The Kier molecular flexibility index (Phi) is 3.25. The van der Waals surface area contributed by atoms with Crippen LogP contribution in [0.4, 0.5) is 14.5 Å². The van der Waals surface area contributed by atoms with Gasteiger partial charge in [-0.25, -0.2) is 9.97 Å². The lowest BCUT2D eigenvalue weighted by molar-refractivity contribution is 0.102. The zero-order valence-corrected chi connectivity index (χ0v) is 9.52. The molecule has 0 aliphatic rings. The second-order valence-corrected chi connectivity index (χ2v) is 4.07. The van der Waals surface area contributed by atoms with E-state index in [4.69, 9.17) is 11.6 Å². The summed E-state index contributed by atoms with van der Waals surface area (Å²) in [5.74, 6) is -2.05. The van der Waals surface area contributed by atoms with Gasteiger partial charge in [-0.1, -0.05) is 11.3 Å². The highest BCUT2D eigenvalue weighted by Gasteiger charge is 2.16. The van der Waals surface area contributed by atoms with Gasteiger partial charge in [0.15, 0.2) is 5.01 Å². The van der Waals surface area contributed by atoms with Crippen molar-refractivity contribution in [2.75, 3.05) is 5.32 Å². The van der Waals surface area contributed by atoms with Crippen molar-refractivity contribution < 1.29 is 13.6 Å². The first kappa shape index (κ1) is 11.8. The zero-order valence-electron chi connectivity index (χ0n) is 7.95. The van der Waals surface area contributed by atoms with Crippen LogP contribution in [0.15, 0.2) is 12.4 Å². The SMILES string of the molecule is O=C(Nc1cnc(Cl)nc1)c1nc(F)c(F)s1. The first-order chi connectivity index (χ1) is 8.06. The number of hydrogen-bond acceptors (Lipinski definition) is 5. The fraction of sp³-hybridized carbons (Fsp3) is 0. The van der Waals surface area contributed by atoms with Gasteiger partial charge in [-0.2, -0.15) is 13.8 Å². The fourth-order valence-electron chi connectivity index (χ4n) is 0.941. The molecule has 0 radical (unpaired) electrons. The van der Waals surface area contributed by atoms with Crippen molar-refractivity contribution >= 4 is 34.5 Å². The van der Waals surface area contributed by atoms with Crippen molar-refractivity contribution in [3.05, 3.63) is 33.8 Å². The van der Waals surface area contributed by atoms with E-state index in [2.05, 4.69) is 20.3 Å². The number of hydrogen-bond donors (Lipinski definition) is 1. The Labute approximate surface area is 102 Å². The minimum atomic E-state index is -1.30. The van der Waals surface area contributed by atoms with Crippen molar-refractivity contribution in [1.82, 2.24) is 15.0 Å². The summed E-state index contributed by atoms with van der Waals surface area (Å²) in [6.07, 6.45) is 2.51. The molecule has 0 aliphatic carbocycles. The van der Waals surface area contributed by atoms with Crippen LogP contribution in [0, 0.1) is 11.1 Å². The van der Waals surface area contributed by atoms with Crippen LogP contribution < -0.4 is 5.32 Å². The Balaban J connectivity index is 2.14. The lowest BCUT2D eigenvalue weighted by atomic mass is 10.5. The molecule has 2 rings (SSSR count). The van der Waals surface area contributed by atoms with Gasteiger partial charge < -0.3 is 5.32 Å². The summed E-state index contributed by atoms with van der Waals surface area (Å²) in [5, 5.41) is 0.880. The number of rotatable bonds is 2. The summed E-state index contributed by atoms with van der Waals surface area (Å²) in [6.45, 7) is 0. The Morgan fingerprint density at radius 1 is 1.35 bits per heavy atom. The number of thiazole rings is 1. The number of aromatic nitrogens is 3. The average Bonchev–Trinajstić information content (AvgIpc) is 2.63. The highest BCUT2D eigenvalue weighted by molar-refractivity contribution is 7.12. The van der Waals surface area contributed by atoms with E-state index in [-0.39, 0.29) is 16.0 Å². The standard InChI is InChI=1S/C8H3ClF2N4OS/c9-8-12-1-3(2-13-8)14-6(16)7-15-4(10)5(11)17-7/h1-2H,(H,14,16). The Morgan fingerprint density at radius 2 is 2.00 bits per heavy atom. The van der Waals surface area contributed by atoms with Gasteiger partial charge in [-0.3, -0.25) is 4.79 Å². The minimum Gasteiger partial charge on any atom is -0.317 e. The van der Waals surface area contributed by atoms with Gasteiger partial charge in [0.2, 0.25) is 10.4 Å². The monoisotopic (exact) mass is 276 g/mol. The molecular weight excluding hydrogens is 274 g/mol. The van der Waals surface area contributed by atoms with Gasteiger partial charge in [-0.05, 0) is 11.6 Å². The summed E-state index contributed by atoms with van der Waals surface area (Å²) in [4.78, 5) is 21.8. The van der Waals surface area contributed by atoms with Crippen molar-refractivity contribution in [2.45, 2.75) is 0 Å². The summed E-state index contributed by atoms with van der Waals surface area (Å²) >= 11 is 5.76. The highest BCUT2D eigenvalue weighted by atomic mass is 35.5. The third-order valence-corrected chi connectivity index (χ3v) is 2.63. The molecule has 9 heteroatoms. The fourth-order valence-corrected chi connectivity index (χ4v) is 1.61. The Hall–Kier alpha value is -1.67. The van der Waals surface area contributed by atoms with E-state index in [1.54, 1.807) is 0 Å². The van der Waals surface area contributed by atoms with Crippen molar-refractivity contribution in [2.24, 2.45) is 0 Å². The number of anilines is 1. The van der Waals surface area contributed by atoms with Crippen LogP contribution >= 0.6 is 22.9 Å². The van der Waals surface area contributed by atoms with Gasteiger partial charge in [0.1, 0.15) is 0 Å². The molecule has 0 fully saturated rings. The lowest BCUT2D eigenvalue weighted by Crippen LogP contribution is -2.12. The van der Waals surface area contributed by atoms with Gasteiger partial charge in [0.25, 0.3) is 11.9 Å². The van der Waals surface area contributed by atoms with Gasteiger partial charge in [-0.15, -0.1) is 0 Å². The molecule has 0 aliphatic heterocycles. The summed E-state index contributed by atoms with van der Waals surface area (Å²) < 4.78 is 25.2. The van der Waals surface area contributed by atoms with E-state index >= 15 is 0 Å². The number of halogens is 3. The molecule has 17 heavy (non-hydrogen) atoms. The average molecular weight is 277 g/mol. The molecule has 0 aromatic carbocycles. The lowest BCUT2D eigenvalue weighted by Gasteiger charge is -2.00. The molecule has 0 saturated carbocycles. The topological polar surface area (TPSA) is 67.8 Å². The normalized spacial score (nSPS) is 10.3. The number of carbonyl (C=O) groups excluding carboxylic acids is 1. The maximum atomic E-state index is 12.7. The molecule has 0 spiro atoms. The van der Waals surface area contributed by atoms with Crippen LogP contribution in [0.25, 0.3) is 0 Å². The molecule has 0 atom stereocenters. The van der Waals surface area contributed by atoms with Crippen molar-refractivity contribution in [1.29, 1.82) is 0 Å². The number of nitrogens with one attached hydrogen (secondary N) is 1. The van der Waals surface area contributed by atoms with Gasteiger partial charge >= 0.3 is 0 Å². The van der Waals surface area contributed by atoms with Crippen LogP contribution in [0.1, 0.15) is 9.80 Å². The molecule has 0 unspecified atom stereocenters. The van der Waals surface area contributed by atoms with E-state index < -0.39 is 17.0 Å². The number of amides is 1. The maximum Gasteiger partial charge on any atom is 0.284 e. The largest absolute Gasteiger partial charge is 0.317 e. The summed E-state index contributed by atoms with van der Waals surface area (Å²) in [7, 11) is 0. The molecular formula is C8H3ClF2N4OS. The van der Waals surface area contributed by atoms with Gasteiger partial charge in [0, 0.05) is 0 Å². The minimum absolute atomic E-state index is 0.0225. The summed E-state index contributed by atoms with van der Waals surface area (Å²) in [5.41, 5.74) is 0.246. The Morgan fingerprint density at radius 3 is 2.53 bits per heavy atom. The molecule has 2 aromatic heterocycles. The van der Waals surface area contributed by atoms with Crippen LogP contribution in [0.3, 0.4) is 0 Å². The van der Waals surface area contributed by atoms with Gasteiger partial charge in [0.05, 0.1) is 18.1 Å². The number of nitrogens with zero attached hydrogens (tertiary/aromatic N) is 3. The van der Waals surface area contributed by atoms with E-state index in [1.807, 2.05) is 0 Å².